The van der Waals surface area contributed by atoms with Crippen molar-refractivity contribution in [2.75, 3.05) is 13.2 Å². The van der Waals surface area contributed by atoms with Gasteiger partial charge in [0.15, 0.2) is 12.4 Å². The number of rotatable bonds is 8. The van der Waals surface area contributed by atoms with Crippen molar-refractivity contribution in [3.63, 3.8) is 0 Å². The van der Waals surface area contributed by atoms with Crippen molar-refractivity contribution in [2.24, 2.45) is 0 Å². The molecule has 0 spiro atoms. The fourth-order valence-corrected chi connectivity index (χ4v) is 2.98. The lowest BCUT2D eigenvalue weighted by molar-refractivity contribution is -0.141. The van der Waals surface area contributed by atoms with Crippen LogP contribution >= 0.6 is 0 Å². The third kappa shape index (κ3) is 6.32. The van der Waals surface area contributed by atoms with Crippen LogP contribution in [0.2, 0.25) is 0 Å². The lowest BCUT2D eigenvalue weighted by Crippen LogP contribution is -2.31. The second kappa shape index (κ2) is 9.06. The Bertz CT molecular complexity index is 922. The predicted molar refractivity (Wildman–Crippen MR) is 94.7 cm³/mol. The SMILES string of the molecule is CC(=O)Oc1ccc(C(=O)COC(=O)CNS(=O)(=O)c2ccccc2)cc1. The molecule has 27 heavy (non-hydrogen) atoms. The van der Waals surface area contributed by atoms with Crippen LogP contribution in [0.5, 0.6) is 5.75 Å². The number of hydrogen-bond acceptors (Lipinski definition) is 7. The number of esters is 2. The molecule has 9 heteroatoms. The second-order valence-corrected chi connectivity index (χ2v) is 7.11. The molecule has 0 bridgehead atoms. The van der Waals surface area contributed by atoms with E-state index in [0.29, 0.717) is 0 Å². The van der Waals surface area contributed by atoms with E-state index < -0.39 is 40.9 Å². The van der Waals surface area contributed by atoms with Crippen LogP contribution in [0.25, 0.3) is 0 Å². The minimum atomic E-state index is -3.84. The molecule has 0 atom stereocenters. The first-order valence-corrected chi connectivity index (χ1v) is 9.28. The number of nitrogens with one attached hydrogen (secondary N) is 1. The summed E-state index contributed by atoms with van der Waals surface area (Å²) in [4.78, 5) is 34.5. The van der Waals surface area contributed by atoms with Crippen LogP contribution in [-0.2, 0) is 24.3 Å². The molecule has 2 rings (SSSR count). The van der Waals surface area contributed by atoms with Gasteiger partial charge in [-0.15, -0.1) is 0 Å². The number of benzene rings is 2. The Kier molecular flexibility index (Phi) is 6.80. The first kappa shape index (κ1) is 20.3. The van der Waals surface area contributed by atoms with Gasteiger partial charge < -0.3 is 9.47 Å². The molecule has 2 aromatic rings. The highest BCUT2D eigenvalue weighted by Gasteiger charge is 2.16. The van der Waals surface area contributed by atoms with Crippen molar-refractivity contribution in [3.05, 3.63) is 60.2 Å². The summed E-state index contributed by atoms with van der Waals surface area (Å²) in [7, 11) is -3.84. The molecule has 0 aromatic heterocycles. The Hall–Kier alpha value is -3.04. The zero-order valence-corrected chi connectivity index (χ0v) is 15.2. The van der Waals surface area contributed by atoms with Crippen LogP contribution in [0.3, 0.4) is 0 Å². The van der Waals surface area contributed by atoms with Gasteiger partial charge in [-0.2, -0.15) is 4.72 Å². The average Bonchev–Trinajstić information content (AvgIpc) is 2.65. The minimum Gasteiger partial charge on any atom is -0.456 e. The van der Waals surface area contributed by atoms with Gasteiger partial charge in [0.1, 0.15) is 12.3 Å². The first-order chi connectivity index (χ1) is 12.8. The molecule has 0 unspecified atom stereocenters. The standard InChI is InChI=1S/C18H17NO7S/c1-13(20)26-15-9-7-14(8-10-15)17(21)12-25-18(22)11-19-27(23,24)16-5-3-2-4-6-16/h2-10,19H,11-12H2,1H3. The minimum absolute atomic E-state index is 0.0155. The van der Waals surface area contributed by atoms with E-state index in [1.54, 1.807) is 18.2 Å². The van der Waals surface area contributed by atoms with Gasteiger partial charge in [-0.25, -0.2) is 8.42 Å². The molecular weight excluding hydrogens is 374 g/mol. The third-order valence-corrected chi connectivity index (χ3v) is 4.68. The van der Waals surface area contributed by atoms with E-state index in [0.717, 1.165) is 0 Å². The second-order valence-electron chi connectivity index (χ2n) is 5.34. The number of sulfonamides is 1. The third-order valence-electron chi connectivity index (χ3n) is 3.26. The van der Waals surface area contributed by atoms with Gasteiger partial charge in [0.25, 0.3) is 0 Å². The molecule has 0 saturated carbocycles. The average molecular weight is 391 g/mol. The topological polar surface area (TPSA) is 116 Å². The Morgan fingerprint density at radius 3 is 2.19 bits per heavy atom. The lowest BCUT2D eigenvalue weighted by atomic mass is 10.1. The Morgan fingerprint density at radius 1 is 0.963 bits per heavy atom. The van der Waals surface area contributed by atoms with Crippen LogP contribution in [0.1, 0.15) is 17.3 Å². The molecule has 0 fully saturated rings. The number of ether oxygens (including phenoxy) is 2. The highest BCUT2D eigenvalue weighted by molar-refractivity contribution is 7.89. The number of carbonyl (C=O) groups excluding carboxylic acids is 3. The van der Waals surface area contributed by atoms with Gasteiger partial charge in [0.05, 0.1) is 4.90 Å². The number of hydrogen-bond donors (Lipinski definition) is 1. The summed E-state index contributed by atoms with van der Waals surface area (Å²) in [5, 5.41) is 0. The predicted octanol–water partition coefficient (Wildman–Crippen LogP) is 1.32. The molecular formula is C18H17NO7S. The van der Waals surface area contributed by atoms with Crippen molar-refractivity contribution in [1.82, 2.24) is 4.72 Å². The van der Waals surface area contributed by atoms with Gasteiger partial charge in [0, 0.05) is 12.5 Å². The van der Waals surface area contributed by atoms with Crippen molar-refractivity contribution in [2.45, 2.75) is 11.8 Å². The first-order valence-electron chi connectivity index (χ1n) is 7.80. The van der Waals surface area contributed by atoms with Gasteiger partial charge in [0.2, 0.25) is 10.0 Å². The summed E-state index contributed by atoms with van der Waals surface area (Å²) >= 11 is 0. The zero-order valence-electron chi connectivity index (χ0n) is 14.4. The fourth-order valence-electron chi connectivity index (χ4n) is 1.99. The molecule has 0 heterocycles. The quantitative estimate of drug-likeness (QED) is 0.410. The lowest BCUT2D eigenvalue weighted by Gasteiger charge is -2.07. The summed E-state index contributed by atoms with van der Waals surface area (Å²) in [5.41, 5.74) is 0.253. The largest absolute Gasteiger partial charge is 0.456 e. The van der Waals surface area contributed by atoms with E-state index in [9.17, 15) is 22.8 Å². The van der Waals surface area contributed by atoms with Crippen molar-refractivity contribution >= 4 is 27.7 Å². The van der Waals surface area contributed by atoms with Gasteiger partial charge in [-0.3, -0.25) is 14.4 Å². The smallest absolute Gasteiger partial charge is 0.321 e. The van der Waals surface area contributed by atoms with Crippen LogP contribution in [0.15, 0.2) is 59.5 Å². The van der Waals surface area contributed by atoms with E-state index in [1.807, 2.05) is 0 Å². The highest BCUT2D eigenvalue weighted by Crippen LogP contribution is 2.13. The van der Waals surface area contributed by atoms with E-state index in [2.05, 4.69) is 4.72 Å². The molecule has 142 valence electrons. The molecule has 0 aliphatic rings. The maximum absolute atomic E-state index is 12.0. The van der Waals surface area contributed by atoms with Gasteiger partial charge in [-0.05, 0) is 36.4 Å². The monoisotopic (exact) mass is 391 g/mol. The Labute approximate surface area is 156 Å². The van der Waals surface area contributed by atoms with Crippen molar-refractivity contribution < 1.29 is 32.3 Å². The molecule has 0 saturated heterocycles. The maximum atomic E-state index is 12.0. The molecule has 1 N–H and O–H groups in total. The van der Waals surface area contributed by atoms with Crippen LogP contribution in [0.4, 0.5) is 0 Å². The summed E-state index contributed by atoms with van der Waals surface area (Å²) < 4.78 is 35.7. The normalized spacial score (nSPS) is 10.9. The molecule has 0 radical (unpaired) electrons. The molecule has 0 amide bonds. The molecule has 8 nitrogen and oxygen atoms in total. The Morgan fingerprint density at radius 2 is 1.59 bits per heavy atom. The van der Waals surface area contributed by atoms with Crippen LogP contribution in [-0.4, -0.2) is 39.3 Å². The molecule has 0 aliphatic heterocycles. The van der Waals surface area contributed by atoms with Crippen molar-refractivity contribution in [1.29, 1.82) is 0 Å². The van der Waals surface area contributed by atoms with Crippen molar-refractivity contribution in [3.8, 4) is 5.75 Å². The van der Waals surface area contributed by atoms with E-state index in [4.69, 9.17) is 9.47 Å². The van der Waals surface area contributed by atoms with Crippen LogP contribution < -0.4 is 9.46 Å². The summed E-state index contributed by atoms with van der Waals surface area (Å²) in [6.07, 6.45) is 0. The summed E-state index contributed by atoms with van der Waals surface area (Å²) in [5.74, 6) is -1.57. The van der Waals surface area contributed by atoms with Crippen LogP contribution in [0, 0.1) is 0 Å². The van der Waals surface area contributed by atoms with E-state index >= 15 is 0 Å². The van der Waals surface area contributed by atoms with E-state index in [-0.39, 0.29) is 16.2 Å². The maximum Gasteiger partial charge on any atom is 0.321 e. The Balaban J connectivity index is 1.83. The fraction of sp³-hybridized carbons (Fsp3) is 0.167. The molecule has 2 aromatic carbocycles. The number of carbonyl (C=O) groups is 3. The summed E-state index contributed by atoms with van der Waals surface area (Å²) in [6.45, 7) is 0.110. The van der Waals surface area contributed by atoms with E-state index in [1.165, 1.54) is 43.3 Å². The highest BCUT2D eigenvalue weighted by atomic mass is 32.2. The summed E-state index contributed by atoms with van der Waals surface area (Å²) in [6, 6.07) is 13.3. The van der Waals surface area contributed by atoms with Gasteiger partial charge in [-0.1, -0.05) is 18.2 Å². The molecule has 0 aliphatic carbocycles. The zero-order chi connectivity index (χ0) is 19.9. The van der Waals surface area contributed by atoms with Gasteiger partial charge >= 0.3 is 11.9 Å². The number of ketones is 1. The number of Topliss-reactive ketones (excluding diaryl/α,β-unsaturated/α-hetero) is 1.